The molecule has 6 nitrogen and oxygen atoms in total. The molecule has 212 valence electrons. The van der Waals surface area contributed by atoms with Crippen molar-refractivity contribution in [1.29, 1.82) is 0 Å². The van der Waals surface area contributed by atoms with Crippen LogP contribution in [0.15, 0.2) is 76.7 Å². The average Bonchev–Trinajstić information content (AvgIpc) is 2.86. The van der Waals surface area contributed by atoms with Gasteiger partial charge in [-0.15, -0.1) is 0 Å². The molecule has 0 saturated carbocycles. The number of nitrogens with two attached hydrogens (primary N) is 1. The molecule has 39 heavy (non-hydrogen) atoms. The van der Waals surface area contributed by atoms with E-state index >= 15 is 0 Å². The third kappa shape index (κ3) is 7.59. The third-order valence-electron chi connectivity index (χ3n) is 6.83. The molecule has 3 heterocycles. The average molecular weight is 555 g/mol. The van der Waals surface area contributed by atoms with Crippen LogP contribution in [0, 0.1) is 5.92 Å². The Kier molecular flexibility index (Phi) is 8.63. The number of nitrogens with one attached hydrogen (secondary N) is 3. The van der Waals surface area contributed by atoms with Gasteiger partial charge in [-0.1, -0.05) is 13.0 Å². The van der Waals surface area contributed by atoms with E-state index in [0.717, 1.165) is 50.3 Å². The summed E-state index contributed by atoms with van der Waals surface area (Å²) < 4.78 is 80.0. The number of dihydropyridines is 1. The van der Waals surface area contributed by atoms with Gasteiger partial charge in [0.1, 0.15) is 12.0 Å². The largest absolute Gasteiger partial charge is 0.416 e. The summed E-state index contributed by atoms with van der Waals surface area (Å²) in [5.41, 5.74) is 5.48. The van der Waals surface area contributed by atoms with Crippen molar-refractivity contribution in [2.45, 2.75) is 50.7 Å². The summed E-state index contributed by atoms with van der Waals surface area (Å²) >= 11 is 0. The van der Waals surface area contributed by atoms with Crippen molar-refractivity contribution < 1.29 is 26.3 Å². The number of piperidine rings is 1. The lowest BCUT2D eigenvalue weighted by Gasteiger charge is -2.35. The second-order valence-electron chi connectivity index (χ2n) is 10.0. The third-order valence-corrected chi connectivity index (χ3v) is 6.83. The number of anilines is 1. The molecule has 0 bridgehead atoms. The minimum absolute atomic E-state index is 0.193. The molecule has 1 saturated heterocycles. The van der Waals surface area contributed by atoms with Crippen LogP contribution in [0.1, 0.15) is 31.7 Å². The van der Waals surface area contributed by atoms with E-state index in [1.54, 1.807) is 6.08 Å². The molecule has 1 fully saturated rings. The quantitative estimate of drug-likeness (QED) is 0.374. The Balaban J connectivity index is 1.58. The molecule has 3 aliphatic rings. The molecule has 5 N–H and O–H groups in total. The van der Waals surface area contributed by atoms with Crippen LogP contribution >= 0.6 is 0 Å². The van der Waals surface area contributed by atoms with Gasteiger partial charge in [0.15, 0.2) is 0 Å². The number of benzene rings is 1. The van der Waals surface area contributed by atoms with Gasteiger partial charge in [-0.3, -0.25) is 4.90 Å². The van der Waals surface area contributed by atoms with E-state index < -0.39 is 35.7 Å². The first-order valence-corrected chi connectivity index (χ1v) is 12.7. The normalized spacial score (nSPS) is 26.0. The number of hydrogen-bond acceptors (Lipinski definition) is 6. The molecular weight excluding hydrogens is 522 g/mol. The monoisotopic (exact) mass is 554 g/mol. The van der Waals surface area contributed by atoms with Gasteiger partial charge < -0.3 is 21.7 Å². The van der Waals surface area contributed by atoms with E-state index in [0.29, 0.717) is 29.7 Å². The number of aliphatic imine (C=N–C) groups is 1. The molecule has 3 unspecified atom stereocenters. The zero-order chi connectivity index (χ0) is 28.2. The molecule has 0 amide bonds. The Morgan fingerprint density at radius 2 is 1.90 bits per heavy atom. The zero-order valence-electron chi connectivity index (χ0n) is 21.4. The summed E-state index contributed by atoms with van der Waals surface area (Å²) in [5, 5.41) is 9.13. The van der Waals surface area contributed by atoms with Crippen LogP contribution in [0.4, 0.5) is 32.0 Å². The molecule has 12 heteroatoms. The maximum atomic E-state index is 13.7. The molecule has 0 spiro atoms. The van der Waals surface area contributed by atoms with Gasteiger partial charge in [0.05, 0.1) is 17.2 Å². The Hall–Kier alpha value is -3.41. The van der Waals surface area contributed by atoms with Gasteiger partial charge >= 0.3 is 12.4 Å². The SMILES string of the molecule is CC1CCCN(CC2N=C(Nc3ccc(C(F)(F)F)cc3)C/C(=C\C(=C/N)C3NC=CC=C3C(F)(F)F)N2)C1. The van der Waals surface area contributed by atoms with E-state index in [1.165, 1.54) is 24.4 Å². The predicted molar refractivity (Wildman–Crippen MR) is 139 cm³/mol. The fourth-order valence-corrected chi connectivity index (χ4v) is 5.03. The van der Waals surface area contributed by atoms with E-state index in [4.69, 9.17) is 10.7 Å². The van der Waals surface area contributed by atoms with Crippen LogP contribution in [0.5, 0.6) is 0 Å². The number of hydrogen-bond donors (Lipinski definition) is 4. The second kappa shape index (κ2) is 11.8. The summed E-state index contributed by atoms with van der Waals surface area (Å²) in [7, 11) is 0. The van der Waals surface area contributed by atoms with Crippen molar-refractivity contribution in [2.24, 2.45) is 16.6 Å². The van der Waals surface area contributed by atoms with Gasteiger partial charge in [0.25, 0.3) is 0 Å². The van der Waals surface area contributed by atoms with Crippen molar-refractivity contribution in [1.82, 2.24) is 15.5 Å². The Labute approximate surface area is 223 Å². The lowest BCUT2D eigenvalue weighted by Crippen LogP contribution is -2.46. The summed E-state index contributed by atoms with van der Waals surface area (Å²) in [6.07, 6.45) is -0.584. The summed E-state index contributed by atoms with van der Waals surface area (Å²) in [5.74, 6) is 1.02. The van der Waals surface area contributed by atoms with Crippen LogP contribution in [0.2, 0.25) is 0 Å². The molecule has 0 aliphatic carbocycles. The highest BCUT2D eigenvalue weighted by Gasteiger charge is 2.40. The summed E-state index contributed by atoms with van der Waals surface area (Å²) in [4.78, 5) is 7.02. The Bertz CT molecular complexity index is 1160. The van der Waals surface area contributed by atoms with Crippen molar-refractivity contribution in [2.75, 3.05) is 25.0 Å². The molecule has 1 aromatic rings. The van der Waals surface area contributed by atoms with Crippen molar-refractivity contribution in [3.63, 3.8) is 0 Å². The number of allylic oxidation sites excluding steroid dienone is 2. The first kappa shape index (κ1) is 28.6. The minimum atomic E-state index is -4.56. The zero-order valence-corrected chi connectivity index (χ0v) is 21.4. The lowest BCUT2D eigenvalue weighted by atomic mass is 9.95. The van der Waals surface area contributed by atoms with Gasteiger partial charge in [-0.2, -0.15) is 26.3 Å². The highest BCUT2D eigenvalue weighted by Crippen LogP contribution is 2.33. The minimum Gasteiger partial charge on any atom is -0.404 e. The number of nitrogens with zero attached hydrogens (tertiary/aromatic N) is 2. The smallest absolute Gasteiger partial charge is 0.404 e. The summed E-state index contributed by atoms with van der Waals surface area (Å²) in [6.45, 7) is 4.56. The van der Waals surface area contributed by atoms with E-state index in [-0.39, 0.29) is 12.0 Å². The van der Waals surface area contributed by atoms with Crippen molar-refractivity contribution in [3.8, 4) is 0 Å². The first-order chi connectivity index (χ1) is 18.4. The highest BCUT2D eigenvalue weighted by molar-refractivity contribution is 5.97. The lowest BCUT2D eigenvalue weighted by molar-refractivity contribution is -0.137. The number of rotatable bonds is 5. The van der Waals surface area contributed by atoms with Gasteiger partial charge in [0, 0.05) is 30.9 Å². The van der Waals surface area contributed by atoms with E-state index in [2.05, 4.69) is 27.8 Å². The van der Waals surface area contributed by atoms with Gasteiger partial charge in [0.2, 0.25) is 0 Å². The molecule has 4 rings (SSSR count). The molecule has 3 atom stereocenters. The van der Waals surface area contributed by atoms with E-state index in [9.17, 15) is 26.3 Å². The molecule has 0 radical (unpaired) electrons. The van der Waals surface area contributed by atoms with Gasteiger partial charge in [-0.25, -0.2) is 4.99 Å². The summed E-state index contributed by atoms with van der Waals surface area (Å²) in [6, 6.07) is 3.41. The van der Waals surface area contributed by atoms with Crippen LogP contribution < -0.4 is 21.7 Å². The van der Waals surface area contributed by atoms with Crippen molar-refractivity contribution >= 4 is 11.5 Å². The molecule has 3 aliphatic heterocycles. The fraction of sp³-hybridized carbons (Fsp3) is 0.444. The standard InChI is InChI=1S/C27H32F6N6/c1-17-4-3-11-39(15-17)16-24-37-21(12-18(14-34)25-22(27(31,32)33)5-2-10-35-25)13-23(38-24)36-20-8-6-19(7-9-20)26(28,29)30/h2,5-10,12,14,17,24-25,35,37H,3-4,11,13,15-16,34H2,1H3,(H,36,38)/b18-14+,21-12+. The maximum absolute atomic E-state index is 13.7. The fourth-order valence-electron chi connectivity index (χ4n) is 5.03. The van der Waals surface area contributed by atoms with Crippen LogP contribution in [-0.4, -0.2) is 48.8 Å². The molecule has 1 aromatic carbocycles. The first-order valence-electron chi connectivity index (χ1n) is 12.7. The van der Waals surface area contributed by atoms with Gasteiger partial charge in [-0.05, 0) is 79.7 Å². The number of alkyl halides is 6. The number of amidine groups is 1. The van der Waals surface area contributed by atoms with Crippen LogP contribution in [-0.2, 0) is 6.18 Å². The van der Waals surface area contributed by atoms with Crippen molar-refractivity contribution in [3.05, 3.63) is 77.3 Å². The Morgan fingerprint density at radius 3 is 2.54 bits per heavy atom. The molecular formula is C27H32F6N6. The Morgan fingerprint density at radius 1 is 1.15 bits per heavy atom. The predicted octanol–water partition coefficient (Wildman–Crippen LogP) is 5.27. The van der Waals surface area contributed by atoms with Crippen LogP contribution in [0.3, 0.4) is 0 Å². The number of halogens is 6. The van der Waals surface area contributed by atoms with Crippen LogP contribution in [0.25, 0.3) is 0 Å². The van der Waals surface area contributed by atoms with E-state index in [1.807, 2.05) is 0 Å². The second-order valence-corrected chi connectivity index (χ2v) is 10.0. The molecule has 0 aromatic heterocycles. The maximum Gasteiger partial charge on any atom is 0.416 e. The highest BCUT2D eigenvalue weighted by atomic mass is 19.4. The topological polar surface area (TPSA) is 77.7 Å². The number of likely N-dealkylation sites (tertiary alicyclic amines) is 1.